The molecule has 0 amide bonds. The second-order valence-electron chi connectivity index (χ2n) is 4.02. The monoisotopic (exact) mass is 317 g/mol. The average molecular weight is 317 g/mol. The Morgan fingerprint density at radius 1 is 1.27 bits per heavy atom. The van der Waals surface area contributed by atoms with Gasteiger partial charge in [0.25, 0.3) is 0 Å². The zero-order valence-corrected chi connectivity index (χ0v) is 11.8. The highest BCUT2D eigenvalue weighted by Gasteiger charge is 2.03. The molecule has 0 radical (unpaired) electrons. The van der Waals surface area contributed by atoms with E-state index in [2.05, 4.69) is 66.0 Å². The lowest BCUT2D eigenvalue weighted by Gasteiger charge is -2.16. The summed E-state index contributed by atoms with van der Waals surface area (Å²) in [5.41, 5.74) is 1.27. The van der Waals surface area contributed by atoms with Crippen LogP contribution in [0, 0.1) is 3.57 Å². The molecule has 0 aliphatic rings. The van der Waals surface area contributed by atoms with Gasteiger partial charge in [-0.3, -0.25) is 0 Å². The van der Waals surface area contributed by atoms with E-state index in [1.54, 1.807) is 0 Å². The Bertz CT molecular complexity index is 286. The summed E-state index contributed by atoms with van der Waals surface area (Å²) in [6, 6.07) is 9.03. The Kier molecular flexibility index (Phi) is 6.06. The van der Waals surface area contributed by atoms with Crippen molar-refractivity contribution in [1.29, 1.82) is 0 Å². The molecule has 0 bridgehead atoms. The topological polar surface area (TPSA) is 12.0 Å². The fourth-order valence-electron chi connectivity index (χ4n) is 1.62. The first-order chi connectivity index (χ1) is 7.24. The minimum atomic E-state index is 0.576. The van der Waals surface area contributed by atoms with E-state index in [9.17, 15) is 0 Å². The molecular weight excluding hydrogens is 297 g/mol. The van der Waals surface area contributed by atoms with Crippen LogP contribution in [0.2, 0.25) is 0 Å². The van der Waals surface area contributed by atoms with Crippen molar-refractivity contribution in [3.63, 3.8) is 0 Å². The summed E-state index contributed by atoms with van der Waals surface area (Å²) in [7, 11) is 0. The molecule has 0 fully saturated rings. The van der Waals surface area contributed by atoms with Gasteiger partial charge in [0.2, 0.25) is 0 Å². The second kappa shape index (κ2) is 7.09. The van der Waals surface area contributed by atoms with E-state index < -0.39 is 0 Å². The predicted molar refractivity (Wildman–Crippen MR) is 76.4 cm³/mol. The summed E-state index contributed by atoms with van der Waals surface area (Å²) in [6.45, 7) is 4.51. The number of halogens is 1. The molecule has 2 heteroatoms. The molecule has 84 valence electrons. The number of para-hydroxylation sites is 1. The Balaban J connectivity index is 2.37. The lowest BCUT2D eigenvalue weighted by molar-refractivity contribution is 0.615. The first kappa shape index (κ1) is 12.8. The van der Waals surface area contributed by atoms with Gasteiger partial charge in [0.05, 0.1) is 0 Å². The third-order valence-electron chi connectivity index (χ3n) is 2.52. The molecule has 0 spiro atoms. The van der Waals surface area contributed by atoms with Gasteiger partial charge in [0, 0.05) is 15.3 Å². The maximum absolute atomic E-state index is 3.56. The van der Waals surface area contributed by atoms with Gasteiger partial charge < -0.3 is 5.32 Å². The molecule has 1 aromatic carbocycles. The van der Waals surface area contributed by atoms with Crippen LogP contribution in [0.25, 0.3) is 0 Å². The van der Waals surface area contributed by atoms with Crippen LogP contribution in [-0.4, -0.2) is 6.04 Å². The minimum Gasteiger partial charge on any atom is -0.382 e. The van der Waals surface area contributed by atoms with Crippen molar-refractivity contribution < 1.29 is 0 Å². The van der Waals surface area contributed by atoms with Crippen molar-refractivity contribution in [2.75, 3.05) is 5.32 Å². The van der Waals surface area contributed by atoms with Gasteiger partial charge >= 0.3 is 0 Å². The van der Waals surface area contributed by atoms with Gasteiger partial charge in [-0.2, -0.15) is 0 Å². The van der Waals surface area contributed by atoms with Crippen LogP contribution < -0.4 is 5.32 Å². The quantitative estimate of drug-likeness (QED) is 0.594. The number of rotatable bonds is 6. The molecule has 1 N–H and O–H groups in total. The zero-order valence-electron chi connectivity index (χ0n) is 9.59. The predicted octanol–water partition coefficient (Wildman–Crippen LogP) is 4.67. The largest absolute Gasteiger partial charge is 0.382 e. The summed E-state index contributed by atoms with van der Waals surface area (Å²) in [5, 5.41) is 3.56. The summed E-state index contributed by atoms with van der Waals surface area (Å²) in [4.78, 5) is 0. The Morgan fingerprint density at radius 3 is 2.67 bits per heavy atom. The molecule has 0 aliphatic heterocycles. The molecule has 0 saturated carbocycles. The Hall–Kier alpha value is -0.250. The standard InChI is InChI=1S/C13H20IN/c1-3-4-5-8-11(2)15-13-10-7-6-9-12(13)14/h6-7,9-11,15H,3-5,8H2,1-2H3. The van der Waals surface area contributed by atoms with E-state index in [0.29, 0.717) is 6.04 Å². The summed E-state index contributed by atoms with van der Waals surface area (Å²) in [6.07, 6.45) is 5.24. The van der Waals surface area contributed by atoms with Crippen LogP contribution in [0.3, 0.4) is 0 Å². The lowest BCUT2D eigenvalue weighted by atomic mass is 10.1. The fourth-order valence-corrected chi connectivity index (χ4v) is 2.16. The van der Waals surface area contributed by atoms with Crippen LogP contribution in [-0.2, 0) is 0 Å². The zero-order chi connectivity index (χ0) is 11.1. The van der Waals surface area contributed by atoms with Gasteiger partial charge in [0.15, 0.2) is 0 Å². The van der Waals surface area contributed by atoms with Crippen LogP contribution in [0.15, 0.2) is 24.3 Å². The van der Waals surface area contributed by atoms with E-state index in [1.165, 1.54) is 34.9 Å². The van der Waals surface area contributed by atoms with Gasteiger partial charge in [-0.1, -0.05) is 38.3 Å². The molecule has 1 aromatic rings. The highest BCUT2D eigenvalue weighted by Crippen LogP contribution is 2.19. The Morgan fingerprint density at radius 2 is 2.00 bits per heavy atom. The highest BCUT2D eigenvalue weighted by molar-refractivity contribution is 14.1. The molecule has 15 heavy (non-hydrogen) atoms. The first-order valence-electron chi connectivity index (χ1n) is 5.75. The normalized spacial score (nSPS) is 12.5. The van der Waals surface area contributed by atoms with Crippen molar-refractivity contribution in [2.24, 2.45) is 0 Å². The van der Waals surface area contributed by atoms with Crippen LogP contribution in [0.5, 0.6) is 0 Å². The Labute approximate surface area is 107 Å². The van der Waals surface area contributed by atoms with Gasteiger partial charge in [-0.25, -0.2) is 0 Å². The van der Waals surface area contributed by atoms with E-state index in [0.717, 1.165) is 0 Å². The third kappa shape index (κ3) is 4.87. The summed E-state index contributed by atoms with van der Waals surface area (Å²) >= 11 is 2.38. The second-order valence-corrected chi connectivity index (χ2v) is 5.18. The van der Waals surface area contributed by atoms with Crippen molar-refractivity contribution in [3.05, 3.63) is 27.8 Å². The minimum absolute atomic E-state index is 0.576. The smallest absolute Gasteiger partial charge is 0.0477 e. The van der Waals surface area contributed by atoms with Gasteiger partial charge in [-0.15, -0.1) is 0 Å². The van der Waals surface area contributed by atoms with Gasteiger partial charge in [0.1, 0.15) is 0 Å². The molecule has 1 rings (SSSR count). The van der Waals surface area contributed by atoms with E-state index in [4.69, 9.17) is 0 Å². The first-order valence-corrected chi connectivity index (χ1v) is 6.83. The highest BCUT2D eigenvalue weighted by atomic mass is 127. The van der Waals surface area contributed by atoms with Crippen molar-refractivity contribution in [3.8, 4) is 0 Å². The average Bonchev–Trinajstić information content (AvgIpc) is 2.22. The van der Waals surface area contributed by atoms with E-state index in [1.807, 2.05) is 0 Å². The SMILES string of the molecule is CCCCCC(C)Nc1ccccc1I. The molecular formula is C13H20IN. The molecule has 0 aliphatic carbocycles. The maximum Gasteiger partial charge on any atom is 0.0477 e. The lowest BCUT2D eigenvalue weighted by Crippen LogP contribution is -2.15. The molecule has 0 heterocycles. The molecule has 0 aromatic heterocycles. The summed E-state index contributed by atoms with van der Waals surface area (Å²) < 4.78 is 1.30. The number of hydrogen-bond acceptors (Lipinski definition) is 1. The van der Waals surface area contributed by atoms with Crippen molar-refractivity contribution in [2.45, 2.75) is 45.6 Å². The number of hydrogen-bond donors (Lipinski definition) is 1. The van der Waals surface area contributed by atoms with E-state index >= 15 is 0 Å². The molecule has 0 saturated heterocycles. The molecule has 1 atom stereocenters. The van der Waals surface area contributed by atoms with Gasteiger partial charge in [-0.05, 0) is 48.1 Å². The van der Waals surface area contributed by atoms with Crippen molar-refractivity contribution in [1.82, 2.24) is 0 Å². The van der Waals surface area contributed by atoms with Crippen LogP contribution in [0.1, 0.15) is 39.5 Å². The van der Waals surface area contributed by atoms with E-state index in [-0.39, 0.29) is 0 Å². The number of anilines is 1. The van der Waals surface area contributed by atoms with Crippen molar-refractivity contribution >= 4 is 28.3 Å². The maximum atomic E-state index is 3.56. The van der Waals surface area contributed by atoms with Crippen LogP contribution >= 0.6 is 22.6 Å². The number of benzene rings is 1. The van der Waals surface area contributed by atoms with Crippen LogP contribution in [0.4, 0.5) is 5.69 Å². The molecule has 1 nitrogen and oxygen atoms in total. The number of nitrogens with one attached hydrogen (secondary N) is 1. The molecule has 1 unspecified atom stereocenters. The fraction of sp³-hybridized carbons (Fsp3) is 0.538. The number of unbranched alkanes of at least 4 members (excludes halogenated alkanes) is 2. The summed E-state index contributed by atoms with van der Waals surface area (Å²) in [5.74, 6) is 0. The third-order valence-corrected chi connectivity index (χ3v) is 3.46.